The molecule has 1 aliphatic heterocycles. The lowest BCUT2D eigenvalue weighted by Gasteiger charge is -2.37. The molecule has 1 atom stereocenters. The zero-order valence-electron chi connectivity index (χ0n) is 10.9. The van der Waals surface area contributed by atoms with Crippen LogP contribution in [0.3, 0.4) is 0 Å². The summed E-state index contributed by atoms with van der Waals surface area (Å²) < 4.78 is 23.0. The van der Waals surface area contributed by atoms with Gasteiger partial charge in [-0.3, -0.25) is 4.79 Å². The van der Waals surface area contributed by atoms with Crippen molar-refractivity contribution in [2.75, 3.05) is 0 Å². The number of nitrogens with zero attached hydrogens (tertiary/aromatic N) is 1. The van der Waals surface area contributed by atoms with Crippen LogP contribution in [-0.2, 0) is 14.0 Å². The first-order valence-electron chi connectivity index (χ1n) is 6.73. The molecule has 0 spiro atoms. The van der Waals surface area contributed by atoms with Gasteiger partial charge in [0, 0.05) is 17.1 Å². The van der Waals surface area contributed by atoms with Gasteiger partial charge in [-0.1, -0.05) is 51.9 Å². The third kappa shape index (κ3) is 4.76. The number of carbonyl (C=O) groups excluding carboxylic acids is 1. The number of carbonyl (C=O) groups is 1. The third-order valence-electron chi connectivity index (χ3n) is 3.36. The molecule has 0 aromatic rings. The number of unbranched alkanes of at least 4 members (excludes halogenated alkanes) is 6. The fourth-order valence-electron chi connectivity index (χ4n) is 2.32. The zero-order valence-corrected chi connectivity index (χ0v) is 12.5. The second-order valence-electron chi connectivity index (χ2n) is 4.90. The van der Waals surface area contributed by atoms with Gasteiger partial charge in [-0.25, -0.2) is 4.31 Å². The topological polar surface area (TPSA) is 54.5 Å². The second-order valence-corrected chi connectivity index (χ2v) is 7.29. The van der Waals surface area contributed by atoms with Gasteiger partial charge in [0.2, 0.25) is 5.91 Å². The number of hydrogen-bond donors (Lipinski definition) is 0. The largest absolute Gasteiger partial charge is 0.324 e. The van der Waals surface area contributed by atoms with Crippen LogP contribution in [0.25, 0.3) is 0 Å². The van der Waals surface area contributed by atoms with E-state index >= 15 is 0 Å². The molecule has 1 rings (SSSR count). The fraction of sp³-hybridized carbons (Fsp3) is 0.917. The Balaban J connectivity index is 2.12. The maximum absolute atomic E-state index is 11.2. The van der Waals surface area contributed by atoms with E-state index in [4.69, 9.17) is 10.7 Å². The fourth-order valence-corrected chi connectivity index (χ4v) is 3.74. The summed E-state index contributed by atoms with van der Waals surface area (Å²) in [5.41, 5.74) is 0. The van der Waals surface area contributed by atoms with Crippen LogP contribution in [-0.4, -0.2) is 24.7 Å². The zero-order chi connectivity index (χ0) is 13.6. The Morgan fingerprint density at radius 3 is 2.22 bits per heavy atom. The van der Waals surface area contributed by atoms with Crippen LogP contribution in [0.4, 0.5) is 0 Å². The van der Waals surface area contributed by atoms with Crippen LogP contribution in [0.15, 0.2) is 0 Å². The van der Waals surface area contributed by atoms with Gasteiger partial charge in [-0.2, -0.15) is 8.42 Å². The SMILES string of the molecule is CCCCCCCCCC1CC(=O)N1S(=O)(=O)Cl. The van der Waals surface area contributed by atoms with E-state index in [2.05, 4.69) is 6.92 Å². The molecule has 0 saturated carbocycles. The van der Waals surface area contributed by atoms with Crippen LogP contribution in [0.1, 0.15) is 64.7 Å². The average Bonchev–Trinajstić information content (AvgIpc) is 2.23. The smallest absolute Gasteiger partial charge is 0.274 e. The Bertz CT molecular complexity index is 370. The average molecular weight is 296 g/mol. The van der Waals surface area contributed by atoms with Gasteiger partial charge in [0.25, 0.3) is 0 Å². The maximum atomic E-state index is 11.2. The molecule has 1 heterocycles. The highest BCUT2D eigenvalue weighted by Crippen LogP contribution is 2.29. The Morgan fingerprint density at radius 1 is 1.17 bits per heavy atom. The molecule has 6 heteroatoms. The van der Waals surface area contributed by atoms with Gasteiger partial charge >= 0.3 is 9.24 Å². The molecule has 1 unspecified atom stereocenters. The minimum Gasteiger partial charge on any atom is -0.274 e. The van der Waals surface area contributed by atoms with Gasteiger partial charge in [-0.15, -0.1) is 0 Å². The van der Waals surface area contributed by atoms with E-state index in [9.17, 15) is 13.2 Å². The standard InChI is InChI=1S/C12H22ClNO3S/c1-2-3-4-5-6-7-8-9-11-10-12(15)14(11)18(13,16)17/h11H,2-10H2,1H3. The van der Waals surface area contributed by atoms with Gasteiger partial charge < -0.3 is 0 Å². The molecular weight excluding hydrogens is 274 g/mol. The van der Waals surface area contributed by atoms with E-state index in [1.54, 1.807) is 0 Å². The number of halogens is 1. The van der Waals surface area contributed by atoms with Crippen molar-refractivity contribution < 1.29 is 13.2 Å². The molecule has 0 radical (unpaired) electrons. The quantitative estimate of drug-likeness (QED) is 0.373. The summed E-state index contributed by atoms with van der Waals surface area (Å²) >= 11 is 0. The lowest BCUT2D eigenvalue weighted by molar-refractivity contribution is -0.137. The minimum absolute atomic E-state index is 0.198. The summed E-state index contributed by atoms with van der Waals surface area (Å²) in [6.45, 7) is 2.19. The van der Waals surface area contributed by atoms with E-state index in [1.807, 2.05) is 0 Å². The van der Waals surface area contributed by atoms with Crippen molar-refractivity contribution in [2.24, 2.45) is 0 Å². The van der Waals surface area contributed by atoms with Crippen LogP contribution in [0.2, 0.25) is 0 Å². The molecule has 1 amide bonds. The van der Waals surface area contributed by atoms with Crippen molar-refractivity contribution in [1.29, 1.82) is 0 Å². The van der Waals surface area contributed by atoms with E-state index in [-0.39, 0.29) is 11.9 Å². The van der Waals surface area contributed by atoms with Crippen LogP contribution >= 0.6 is 10.7 Å². The predicted octanol–water partition coefficient (Wildman–Crippen LogP) is 3.21. The molecule has 0 aromatic carbocycles. The Kier molecular flexibility index (Phi) is 6.43. The minimum atomic E-state index is -3.86. The summed E-state index contributed by atoms with van der Waals surface area (Å²) in [7, 11) is 1.34. The van der Waals surface area contributed by atoms with Crippen LogP contribution in [0.5, 0.6) is 0 Å². The number of β-lactam (4-membered cyclic amide) rings is 1. The summed E-state index contributed by atoms with van der Waals surface area (Å²) in [6, 6.07) is -0.198. The van der Waals surface area contributed by atoms with Crippen LogP contribution < -0.4 is 0 Å². The number of amides is 1. The molecular formula is C12H22ClNO3S. The van der Waals surface area contributed by atoms with E-state index in [0.717, 1.165) is 23.6 Å². The van der Waals surface area contributed by atoms with Crippen molar-refractivity contribution in [3.63, 3.8) is 0 Å². The van der Waals surface area contributed by atoms with Gasteiger partial charge in [0.15, 0.2) is 0 Å². The predicted molar refractivity (Wildman–Crippen MR) is 72.6 cm³/mol. The van der Waals surface area contributed by atoms with Crippen molar-refractivity contribution in [1.82, 2.24) is 4.31 Å². The van der Waals surface area contributed by atoms with Gasteiger partial charge in [-0.05, 0) is 6.42 Å². The molecule has 106 valence electrons. The summed E-state index contributed by atoms with van der Waals surface area (Å²) in [6.07, 6.45) is 9.37. The maximum Gasteiger partial charge on any atom is 0.324 e. The van der Waals surface area contributed by atoms with Gasteiger partial charge in [0.05, 0.1) is 6.04 Å². The monoisotopic (exact) mass is 295 g/mol. The number of rotatable bonds is 9. The summed E-state index contributed by atoms with van der Waals surface area (Å²) in [5, 5.41) is 0. The summed E-state index contributed by atoms with van der Waals surface area (Å²) in [4.78, 5) is 11.2. The molecule has 0 N–H and O–H groups in total. The van der Waals surface area contributed by atoms with E-state index < -0.39 is 9.24 Å². The first-order chi connectivity index (χ1) is 8.46. The Morgan fingerprint density at radius 2 is 1.72 bits per heavy atom. The van der Waals surface area contributed by atoms with Crippen molar-refractivity contribution in [3.8, 4) is 0 Å². The lowest BCUT2D eigenvalue weighted by Crippen LogP contribution is -2.53. The van der Waals surface area contributed by atoms with Gasteiger partial charge in [0.1, 0.15) is 0 Å². The Hall–Kier alpha value is -0.290. The lowest BCUT2D eigenvalue weighted by atomic mass is 9.98. The van der Waals surface area contributed by atoms with E-state index in [0.29, 0.717) is 6.42 Å². The van der Waals surface area contributed by atoms with Crippen LogP contribution in [0, 0.1) is 0 Å². The molecule has 0 aliphatic carbocycles. The highest BCUT2D eigenvalue weighted by molar-refractivity contribution is 8.12. The number of hydrogen-bond acceptors (Lipinski definition) is 3. The molecule has 1 saturated heterocycles. The molecule has 18 heavy (non-hydrogen) atoms. The first kappa shape index (κ1) is 15.8. The highest BCUT2D eigenvalue weighted by Gasteiger charge is 2.42. The molecule has 0 aromatic heterocycles. The Labute approximate surface area is 114 Å². The third-order valence-corrected chi connectivity index (χ3v) is 4.78. The molecule has 1 fully saturated rings. The van der Waals surface area contributed by atoms with Crippen molar-refractivity contribution in [2.45, 2.75) is 70.8 Å². The second kappa shape index (κ2) is 7.34. The van der Waals surface area contributed by atoms with Crippen molar-refractivity contribution in [3.05, 3.63) is 0 Å². The molecule has 0 bridgehead atoms. The normalized spacial score (nSPS) is 20.0. The highest BCUT2D eigenvalue weighted by atomic mass is 35.7. The molecule has 4 nitrogen and oxygen atoms in total. The van der Waals surface area contributed by atoms with E-state index in [1.165, 1.54) is 32.1 Å². The summed E-state index contributed by atoms with van der Waals surface area (Å²) in [5.74, 6) is -0.377. The molecule has 1 aliphatic rings. The first-order valence-corrected chi connectivity index (χ1v) is 9.00. The van der Waals surface area contributed by atoms with Crippen molar-refractivity contribution >= 4 is 25.8 Å².